The fourth-order valence-electron chi connectivity index (χ4n) is 1.47. The molecule has 0 fully saturated rings. The van der Waals surface area contributed by atoms with Crippen LogP contribution in [0.4, 0.5) is 4.79 Å². The molecule has 0 aliphatic carbocycles. The first-order valence-electron chi connectivity index (χ1n) is 6.28. The molecule has 0 saturated carbocycles. The highest BCUT2D eigenvalue weighted by Crippen LogP contribution is 2.01. The lowest BCUT2D eigenvalue weighted by molar-refractivity contribution is -0.140. The Bertz CT molecular complexity index is 406. The number of ether oxygens (including phenoxy) is 1. The monoisotopic (exact) mass is 301 g/mol. The van der Waals surface area contributed by atoms with Crippen molar-refractivity contribution >= 4 is 18.0 Å². The van der Waals surface area contributed by atoms with E-state index in [1.807, 2.05) is 6.07 Å². The van der Waals surface area contributed by atoms with Gasteiger partial charge in [0.15, 0.2) is 0 Å². The minimum absolute atomic E-state index is 0.101. The van der Waals surface area contributed by atoms with Crippen LogP contribution in [0.5, 0.6) is 0 Å². The smallest absolute Gasteiger partial charge is 0.326 e. The van der Waals surface area contributed by atoms with Gasteiger partial charge in [-0.1, -0.05) is 0 Å². The van der Waals surface area contributed by atoms with Gasteiger partial charge in [0.25, 0.3) is 0 Å². The summed E-state index contributed by atoms with van der Waals surface area (Å²) in [7, 11) is 1.45. The SMILES string of the molecule is COCCN(CCC#N)C(=O)N[C@@H](CCC(=O)O)C(=O)O. The van der Waals surface area contributed by atoms with Gasteiger partial charge in [-0.3, -0.25) is 4.79 Å². The van der Waals surface area contributed by atoms with Gasteiger partial charge in [-0.25, -0.2) is 9.59 Å². The van der Waals surface area contributed by atoms with Crippen LogP contribution in [-0.2, 0) is 14.3 Å². The average molecular weight is 301 g/mol. The van der Waals surface area contributed by atoms with Crippen molar-refractivity contribution in [1.29, 1.82) is 5.26 Å². The van der Waals surface area contributed by atoms with Gasteiger partial charge in [0, 0.05) is 26.6 Å². The van der Waals surface area contributed by atoms with Gasteiger partial charge in [-0.15, -0.1) is 0 Å². The first kappa shape index (κ1) is 18.7. The molecular weight excluding hydrogens is 282 g/mol. The Morgan fingerprint density at radius 1 is 1.33 bits per heavy atom. The molecule has 0 aromatic rings. The number of carbonyl (C=O) groups is 3. The highest BCUT2D eigenvalue weighted by Gasteiger charge is 2.23. The van der Waals surface area contributed by atoms with Crippen LogP contribution >= 0.6 is 0 Å². The maximum absolute atomic E-state index is 12.0. The van der Waals surface area contributed by atoms with E-state index >= 15 is 0 Å². The predicted octanol–water partition coefficient (Wildman–Crippen LogP) is -0.124. The van der Waals surface area contributed by atoms with E-state index in [1.54, 1.807) is 0 Å². The van der Waals surface area contributed by atoms with E-state index in [9.17, 15) is 14.4 Å². The number of nitrogens with one attached hydrogen (secondary N) is 1. The van der Waals surface area contributed by atoms with Crippen LogP contribution in [0.3, 0.4) is 0 Å². The predicted molar refractivity (Wildman–Crippen MR) is 70.5 cm³/mol. The molecule has 0 saturated heterocycles. The normalized spacial score (nSPS) is 11.2. The molecule has 0 aromatic heterocycles. The Balaban J connectivity index is 4.61. The Morgan fingerprint density at radius 3 is 2.48 bits per heavy atom. The molecule has 9 nitrogen and oxygen atoms in total. The second kappa shape index (κ2) is 10.4. The van der Waals surface area contributed by atoms with Crippen molar-refractivity contribution < 1.29 is 29.3 Å². The molecule has 9 heteroatoms. The van der Waals surface area contributed by atoms with Crippen LogP contribution in [0.2, 0.25) is 0 Å². The third-order valence-corrected chi connectivity index (χ3v) is 2.59. The highest BCUT2D eigenvalue weighted by molar-refractivity contribution is 5.83. The van der Waals surface area contributed by atoms with Crippen molar-refractivity contribution in [2.24, 2.45) is 0 Å². The number of methoxy groups -OCH3 is 1. The van der Waals surface area contributed by atoms with Crippen LogP contribution < -0.4 is 5.32 Å². The van der Waals surface area contributed by atoms with Gasteiger partial charge in [0.2, 0.25) is 0 Å². The maximum Gasteiger partial charge on any atom is 0.326 e. The number of nitrogens with zero attached hydrogens (tertiary/aromatic N) is 2. The van der Waals surface area contributed by atoms with Gasteiger partial charge in [-0.2, -0.15) is 5.26 Å². The Morgan fingerprint density at radius 2 is 2.00 bits per heavy atom. The molecule has 21 heavy (non-hydrogen) atoms. The molecule has 0 rings (SSSR count). The molecule has 118 valence electrons. The third-order valence-electron chi connectivity index (χ3n) is 2.59. The summed E-state index contributed by atoms with van der Waals surface area (Å²) < 4.78 is 4.84. The van der Waals surface area contributed by atoms with E-state index in [0.29, 0.717) is 0 Å². The zero-order valence-corrected chi connectivity index (χ0v) is 11.7. The fraction of sp³-hybridized carbons (Fsp3) is 0.667. The highest BCUT2D eigenvalue weighted by atomic mass is 16.5. The van der Waals surface area contributed by atoms with Gasteiger partial charge in [0.05, 0.1) is 19.1 Å². The van der Waals surface area contributed by atoms with E-state index in [4.69, 9.17) is 20.2 Å². The van der Waals surface area contributed by atoms with E-state index < -0.39 is 24.0 Å². The average Bonchev–Trinajstić information content (AvgIpc) is 2.42. The first-order chi connectivity index (χ1) is 9.92. The second-order valence-electron chi connectivity index (χ2n) is 4.16. The molecule has 0 aliphatic heterocycles. The number of hydrogen-bond donors (Lipinski definition) is 3. The molecular formula is C12H19N3O6. The van der Waals surface area contributed by atoms with Crippen molar-refractivity contribution in [2.75, 3.05) is 26.8 Å². The van der Waals surface area contributed by atoms with Crippen LogP contribution in [-0.4, -0.2) is 65.9 Å². The number of carboxylic acids is 2. The number of carbonyl (C=O) groups excluding carboxylic acids is 1. The van der Waals surface area contributed by atoms with Gasteiger partial charge >= 0.3 is 18.0 Å². The molecule has 0 spiro atoms. The number of nitriles is 1. The fourth-order valence-corrected chi connectivity index (χ4v) is 1.47. The molecule has 0 aromatic carbocycles. The van der Waals surface area contributed by atoms with Gasteiger partial charge in [0.1, 0.15) is 6.04 Å². The van der Waals surface area contributed by atoms with E-state index in [1.165, 1.54) is 12.0 Å². The van der Waals surface area contributed by atoms with Crippen molar-refractivity contribution in [3.05, 3.63) is 0 Å². The summed E-state index contributed by atoms with van der Waals surface area (Å²) in [6, 6.07) is -0.0684. The number of amides is 2. The van der Waals surface area contributed by atoms with E-state index in [0.717, 1.165) is 0 Å². The third kappa shape index (κ3) is 8.43. The molecule has 0 heterocycles. The molecule has 0 aliphatic rings. The lowest BCUT2D eigenvalue weighted by Gasteiger charge is -2.24. The Hall–Kier alpha value is -2.34. The summed E-state index contributed by atoms with van der Waals surface area (Å²) in [5.41, 5.74) is 0. The first-order valence-corrected chi connectivity index (χ1v) is 6.28. The lowest BCUT2D eigenvalue weighted by Crippen LogP contribution is -2.49. The molecule has 2 amide bonds. The summed E-state index contributed by atoms with van der Waals surface area (Å²) >= 11 is 0. The number of urea groups is 1. The second-order valence-corrected chi connectivity index (χ2v) is 4.16. The van der Waals surface area contributed by atoms with Crippen LogP contribution in [0.15, 0.2) is 0 Å². The molecule has 0 bridgehead atoms. The summed E-state index contributed by atoms with van der Waals surface area (Å²) in [6.07, 6.45) is -0.482. The maximum atomic E-state index is 12.0. The molecule has 1 atom stereocenters. The van der Waals surface area contributed by atoms with Crippen molar-refractivity contribution in [3.63, 3.8) is 0 Å². The standard InChI is InChI=1S/C12H19N3O6/c1-21-8-7-15(6-2-5-13)12(20)14-9(11(18)19)3-4-10(16)17/h9H,2-4,6-8H2,1H3,(H,14,20)(H,16,17)(H,18,19)/t9-/m0/s1. The Labute approximate surface area is 122 Å². The van der Waals surface area contributed by atoms with Gasteiger partial charge in [-0.05, 0) is 6.42 Å². The zero-order valence-electron chi connectivity index (χ0n) is 11.7. The van der Waals surface area contributed by atoms with E-state index in [-0.39, 0.29) is 39.0 Å². The lowest BCUT2D eigenvalue weighted by atomic mass is 10.1. The quantitative estimate of drug-likeness (QED) is 0.510. The summed E-state index contributed by atoms with van der Waals surface area (Å²) in [5, 5.41) is 28.3. The number of aliphatic carboxylic acids is 2. The largest absolute Gasteiger partial charge is 0.481 e. The van der Waals surface area contributed by atoms with Crippen molar-refractivity contribution in [2.45, 2.75) is 25.3 Å². The zero-order chi connectivity index (χ0) is 16.3. The van der Waals surface area contributed by atoms with Crippen molar-refractivity contribution in [3.8, 4) is 6.07 Å². The van der Waals surface area contributed by atoms with Crippen LogP contribution in [0.1, 0.15) is 19.3 Å². The summed E-state index contributed by atoms with van der Waals surface area (Å²) in [4.78, 5) is 34.7. The number of carboxylic acid groups (broad SMARTS) is 2. The summed E-state index contributed by atoms with van der Waals surface area (Å²) in [5.74, 6) is -2.45. The topological polar surface area (TPSA) is 140 Å². The summed E-state index contributed by atoms with van der Waals surface area (Å²) in [6.45, 7) is 0.581. The number of rotatable bonds is 10. The molecule has 0 radical (unpaired) electrons. The van der Waals surface area contributed by atoms with Crippen LogP contribution in [0.25, 0.3) is 0 Å². The van der Waals surface area contributed by atoms with Crippen LogP contribution in [0, 0.1) is 11.3 Å². The van der Waals surface area contributed by atoms with Gasteiger partial charge < -0.3 is 25.2 Å². The van der Waals surface area contributed by atoms with E-state index in [2.05, 4.69) is 5.32 Å². The molecule has 0 unspecified atom stereocenters. The number of hydrogen-bond acceptors (Lipinski definition) is 5. The Kier molecular flexibility index (Phi) is 9.28. The molecule has 3 N–H and O–H groups in total. The minimum Gasteiger partial charge on any atom is -0.481 e. The van der Waals surface area contributed by atoms with Crippen molar-refractivity contribution in [1.82, 2.24) is 10.2 Å². The minimum atomic E-state index is -1.31.